The highest BCUT2D eigenvalue weighted by Gasteiger charge is 2.32. The van der Waals surface area contributed by atoms with Crippen LogP contribution in [0.4, 0.5) is 18.0 Å². The summed E-state index contributed by atoms with van der Waals surface area (Å²) in [6.07, 6.45) is 0. The first-order valence-corrected chi connectivity index (χ1v) is 10.4. The van der Waals surface area contributed by atoms with E-state index in [2.05, 4.69) is 5.32 Å². The van der Waals surface area contributed by atoms with Crippen LogP contribution in [0.2, 0.25) is 0 Å². The summed E-state index contributed by atoms with van der Waals surface area (Å²) in [7, 11) is -3.99. The smallest absolute Gasteiger partial charge is 0.317 e. The van der Waals surface area contributed by atoms with Crippen molar-refractivity contribution < 1.29 is 26.4 Å². The molecule has 0 aliphatic carbocycles. The first-order valence-electron chi connectivity index (χ1n) is 8.95. The first-order chi connectivity index (χ1) is 13.7. The number of rotatable bonds is 4. The Hall–Kier alpha value is -2.59. The van der Waals surface area contributed by atoms with Crippen LogP contribution < -0.4 is 5.32 Å². The molecule has 0 aromatic heterocycles. The van der Waals surface area contributed by atoms with Crippen molar-refractivity contribution in [3.63, 3.8) is 0 Å². The van der Waals surface area contributed by atoms with Crippen molar-refractivity contribution in [2.24, 2.45) is 0 Å². The van der Waals surface area contributed by atoms with E-state index >= 15 is 0 Å². The van der Waals surface area contributed by atoms with Gasteiger partial charge in [0.1, 0.15) is 10.7 Å². The van der Waals surface area contributed by atoms with Gasteiger partial charge in [0.2, 0.25) is 10.0 Å². The number of urea groups is 1. The molecule has 1 heterocycles. The van der Waals surface area contributed by atoms with Crippen molar-refractivity contribution >= 4 is 16.1 Å². The fourth-order valence-electron chi connectivity index (χ4n) is 3.07. The zero-order valence-corrected chi connectivity index (χ0v) is 16.4. The molecule has 1 aliphatic rings. The molecule has 29 heavy (non-hydrogen) atoms. The molecule has 2 aromatic rings. The van der Waals surface area contributed by atoms with Gasteiger partial charge in [-0.05, 0) is 36.8 Å². The molecule has 0 bridgehead atoms. The molecule has 2 aromatic carbocycles. The van der Waals surface area contributed by atoms with Crippen LogP contribution in [0, 0.1) is 17.5 Å². The SMILES string of the molecule is CC(NC(=O)N1CCN(S(=O)(=O)c2ccccc2F)CC1)c1ccc(F)c(F)c1. The Bertz CT molecular complexity index is 1010. The Balaban J connectivity index is 1.61. The number of sulfonamides is 1. The van der Waals surface area contributed by atoms with E-state index in [1.807, 2.05) is 0 Å². The number of carbonyl (C=O) groups excluding carboxylic acids is 1. The van der Waals surface area contributed by atoms with E-state index in [9.17, 15) is 26.4 Å². The van der Waals surface area contributed by atoms with E-state index in [-0.39, 0.29) is 26.2 Å². The van der Waals surface area contributed by atoms with Gasteiger partial charge in [-0.1, -0.05) is 18.2 Å². The lowest BCUT2D eigenvalue weighted by Crippen LogP contribution is -2.53. The lowest BCUT2D eigenvalue weighted by atomic mass is 10.1. The number of carbonyl (C=O) groups is 1. The van der Waals surface area contributed by atoms with Crippen LogP contribution >= 0.6 is 0 Å². The number of benzene rings is 2. The lowest BCUT2D eigenvalue weighted by Gasteiger charge is -2.34. The van der Waals surface area contributed by atoms with E-state index in [0.29, 0.717) is 5.56 Å². The molecule has 1 aliphatic heterocycles. The zero-order valence-electron chi connectivity index (χ0n) is 15.6. The Morgan fingerprint density at radius 1 is 0.966 bits per heavy atom. The Kier molecular flexibility index (Phi) is 6.13. The zero-order chi connectivity index (χ0) is 21.2. The first kappa shape index (κ1) is 21.1. The second-order valence-electron chi connectivity index (χ2n) is 6.67. The molecule has 3 rings (SSSR count). The summed E-state index contributed by atoms with van der Waals surface area (Å²) in [4.78, 5) is 13.5. The molecule has 1 unspecified atom stereocenters. The molecule has 6 nitrogen and oxygen atoms in total. The van der Waals surface area contributed by atoms with Crippen molar-refractivity contribution in [1.82, 2.24) is 14.5 Å². The van der Waals surface area contributed by atoms with Crippen molar-refractivity contribution in [2.45, 2.75) is 17.9 Å². The Morgan fingerprint density at radius 2 is 1.62 bits per heavy atom. The van der Waals surface area contributed by atoms with Crippen molar-refractivity contribution in [1.29, 1.82) is 0 Å². The van der Waals surface area contributed by atoms with Crippen molar-refractivity contribution in [2.75, 3.05) is 26.2 Å². The summed E-state index contributed by atoms with van der Waals surface area (Å²) in [5.41, 5.74) is 0.401. The number of nitrogens with one attached hydrogen (secondary N) is 1. The van der Waals surface area contributed by atoms with Gasteiger partial charge in [-0.3, -0.25) is 0 Å². The molecular formula is C19H20F3N3O3S. The summed E-state index contributed by atoms with van der Waals surface area (Å²) in [6, 6.07) is 7.48. The maximum absolute atomic E-state index is 13.9. The minimum Gasteiger partial charge on any atom is -0.331 e. The van der Waals surface area contributed by atoms with Gasteiger partial charge in [0.25, 0.3) is 0 Å². The predicted molar refractivity (Wildman–Crippen MR) is 100 cm³/mol. The summed E-state index contributed by atoms with van der Waals surface area (Å²) in [5.74, 6) is -2.80. The average Bonchev–Trinajstić information content (AvgIpc) is 2.70. The fourth-order valence-corrected chi connectivity index (χ4v) is 4.55. The lowest BCUT2D eigenvalue weighted by molar-refractivity contribution is 0.169. The molecule has 0 spiro atoms. The van der Waals surface area contributed by atoms with Crippen molar-refractivity contribution in [3.05, 3.63) is 65.5 Å². The summed E-state index contributed by atoms with van der Waals surface area (Å²) in [6.45, 7) is 1.89. The standard InChI is InChI=1S/C19H20F3N3O3S/c1-13(14-6-7-15(20)17(22)12-14)23-19(26)24-8-10-25(11-9-24)29(27,28)18-5-3-2-4-16(18)21/h2-7,12-13H,8-11H2,1H3,(H,23,26). The number of halogens is 3. The highest BCUT2D eigenvalue weighted by atomic mass is 32.2. The van der Waals surface area contributed by atoms with Crippen LogP contribution in [0.25, 0.3) is 0 Å². The van der Waals surface area contributed by atoms with E-state index in [0.717, 1.165) is 22.5 Å². The molecule has 0 radical (unpaired) electrons. The van der Waals surface area contributed by atoms with E-state index in [1.165, 1.54) is 29.2 Å². The third-order valence-corrected chi connectivity index (χ3v) is 6.70. The summed E-state index contributed by atoms with van der Waals surface area (Å²) >= 11 is 0. The minimum atomic E-state index is -3.99. The van der Waals surface area contributed by atoms with Gasteiger partial charge in [0.05, 0.1) is 6.04 Å². The van der Waals surface area contributed by atoms with Gasteiger partial charge in [-0.25, -0.2) is 26.4 Å². The topological polar surface area (TPSA) is 69.7 Å². The normalized spacial score (nSPS) is 16.5. The molecule has 1 atom stereocenters. The second kappa shape index (κ2) is 8.42. The van der Waals surface area contributed by atoms with Crippen LogP contribution in [-0.2, 0) is 10.0 Å². The second-order valence-corrected chi connectivity index (χ2v) is 8.57. The molecular weight excluding hydrogens is 407 g/mol. The van der Waals surface area contributed by atoms with Gasteiger partial charge in [0, 0.05) is 26.2 Å². The molecule has 1 fully saturated rings. The third-order valence-electron chi connectivity index (χ3n) is 4.76. The predicted octanol–water partition coefficient (Wildman–Crippen LogP) is 2.88. The number of hydrogen-bond acceptors (Lipinski definition) is 3. The maximum atomic E-state index is 13.9. The number of nitrogens with zero attached hydrogens (tertiary/aromatic N) is 2. The largest absolute Gasteiger partial charge is 0.331 e. The summed E-state index contributed by atoms with van der Waals surface area (Å²) in [5, 5.41) is 2.68. The molecule has 0 saturated carbocycles. The molecule has 1 N–H and O–H groups in total. The molecule has 156 valence electrons. The quantitative estimate of drug-likeness (QED) is 0.816. The van der Waals surface area contributed by atoms with Gasteiger partial charge >= 0.3 is 6.03 Å². The fraction of sp³-hybridized carbons (Fsp3) is 0.316. The Labute approximate surface area is 167 Å². The van der Waals surface area contributed by atoms with Gasteiger partial charge in [-0.2, -0.15) is 4.31 Å². The van der Waals surface area contributed by atoms with Crippen LogP contribution in [0.15, 0.2) is 47.4 Å². The minimum absolute atomic E-state index is 0.0175. The van der Waals surface area contributed by atoms with Crippen LogP contribution in [0.5, 0.6) is 0 Å². The van der Waals surface area contributed by atoms with Gasteiger partial charge < -0.3 is 10.2 Å². The highest BCUT2D eigenvalue weighted by Crippen LogP contribution is 2.21. The number of piperazine rings is 1. The van der Waals surface area contributed by atoms with Crippen molar-refractivity contribution in [3.8, 4) is 0 Å². The molecule has 1 saturated heterocycles. The van der Waals surface area contributed by atoms with Crippen LogP contribution in [0.1, 0.15) is 18.5 Å². The molecule has 10 heteroatoms. The third kappa shape index (κ3) is 4.54. The monoisotopic (exact) mass is 427 g/mol. The van der Waals surface area contributed by atoms with E-state index in [1.54, 1.807) is 6.92 Å². The highest BCUT2D eigenvalue weighted by molar-refractivity contribution is 7.89. The molecule has 2 amide bonds. The van der Waals surface area contributed by atoms with Gasteiger partial charge in [-0.15, -0.1) is 0 Å². The van der Waals surface area contributed by atoms with E-state index in [4.69, 9.17) is 0 Å². The Morgan fingerprint density at radius 3 is 2.24 bits per heavy atom. The average molecular weight is 427 g/mol. The maximum Gasteiger partial charge on any atom is 0.317 e. The van der Waals surface area contributed by atoms with E-state index < -0.39 is 44.4 Å². The number of amides is 2. The summed E-state index contributed by atoms with van der Waals surface area (Å²) < 4.78 is 66.6. The van der Waals surface area contributed by atoms with Gasteiger partial charge in [0.15, 0.2) is 11.6 Å². The number of hydrogen-bond donors (Lipinski definition) is 1. The van der Waals surface area contributed by atoms with Crippen LogP contribution in [-0.4, -0.2) is 49.8 Å². The van der Waals surface area contributed by atoms with Crippen LogP contribution in [0.3, 0.4) is 0 Å².